The van der Waals surface area contributed by atoms with Gasteiger partial charge in [-0.05, 0) is 20.3 Å². The van der Waals surface area contributed by atoms with Crippen molar-refractivity contribution in [2.75, 3.05) is 27.9 Å². The van der Waals surface area contributed by atoms with Crippen LogP contribution in [0.2, 0.25) is 6.04 Å². The molecular weight excluding hydrogens is 268 g/mol. The molecule has 1 aliphatic heterocycles. The van der Waals surface area contributed by atoms with Gasteiger partial charge in [-0.25, -0.2) is 4.79 Å². The van der Waals surface area contributed by atoms with Crippen molar-refractivity contribution in [2.24, 2.45) is 0 Å². The molecular formula is C11H22N2O5Si. The molecule has 1 aliphatic rings. The van der Waals surface area contributed by atoms with Gasteiger partial charge in [0.2, 0.25) is 0 Å². The number of urea groups is 1. The fourth-order valence-corrected chi connectivity index (χ4v) is 3.79. The van der Waals surface area contributed by atoms with Gasteiger partial charge in [0.15, 0.2) is 0 Å². The average molecular weight is 290 g/mol. The first-order valence-corrected chi connectivity index (χ1v) is 8.04. The zero-order valence-electron chi connectivity index (χ0n) is 12.1. The van der Waals surface area contributed by atoms with Gasteiger partial charge in [0.05, 0.1) is 0 Å². The van der Waals surface area contributed by atoms with Crippen LogP contribution in [-0.2, 0) is 18.1 Å². The summed E-state index contributed by atoms with van der Waals surface area (Å²) < 4.78 is 15.9. The smallest absolute Gasteiger partial charge is 0.377 e. The third-order valence-electron chi connectivity index (χ3n) is 3.49. The third-order valence-corrected chi connectivity index (χ3v) is 6.33. The van der Waals surface area contributed by atoms with Crippen LogP contribution in [0, 0.1) is 0 Å². The molecule has 0 spiro atoms. The second-order valence-electron chi connectivity index (χ2n) is 4.87. The molecule has 0 radical (unpaired) electrons. The predicted octanol–water partition coefficient (Wildman–Crippen LogP) is 0.585. The summed E-state index contributed by atoms with van der Waals surface area (Å²) in [6.45, 7) is 3.90. The van der Waals surface area contributed by atoms with E-state index in [0.29, 0.717) is 19.0 Å². The topological polar surface area (TPSA) is 77.1 Å². The molecule has 3 amide bonds. The summed E-state index contributed by atoms with van der Waals surface area (Å²) in [6, 6.07) is 0.236. The van der Waals surface area contributed by atoms with Crippen LogP contribution in [0.4, 0.5) is 4.79 Å². The lowest BCUT2D eigenvalue weighted by Gasteiger charge is -2.29. The van der Waals surface area contributed by atoms with Crippen LogP contribution in [0.15, 0.2) is 0 Å². The number of carbonyl (C=O) groups excluding carboxylic acids is 2. The maximum absolute atomic E-state index is 11.7. The molecule has 1 fully saturated rings. The minimum atomic E-state index is -2.62. The molecule has 1 rings (SSSR count). The summed E-state index contributed by atoms with van der Waals surface area (Å²) in [6.07, 6.45) is 0.645. The van der Waals surface area contributed by atoms with Crippen molar-refractivity contribution < 1.29 is 22.9 Å². The highest BCUT2D eigenvalue weighted by Crippen LogP contribution is 2.23. The average Bonchev–Trinajstić information content (AvgIpc) is 2.57. The fraction of sp³-hybridized carbons (Fsp3) is 0.818. The lowest BCUT2D eigenvalue weighted by atomic mass is 10.0. The molecule has 7 nitrogen and oxygen atoms in total. The molecule has 0 atom stereocenters. The van der Waals surface area contributed by atoms with Crippen molar-refractivity contribution in [3.8, 4) is 0 Å². The van der Waals surface area contributed by atoms with Gasteiger partial charge in [0, 0.05) is 33.9 Å². The Kier molecular flexibility index (Phi) is 5.08. The van der Waals surface area contributed by atoms with E-state index in [4.69, 9.17) is 13.3 Å². The summed E-state index contributed by atoms with van der Waals surface area (Å²) in [7, 11) is 2.03. The normalized spacial score (nSPS) is 18.9. The quantitative estimate of drug-likeness (QED) is 0.548. The van der Waals surface area contributed by atoms with Crippen molar-refractivity contribution >= 4 is 20.7 Å². The van der Waals surface area contributed by atoms with Crippen molar-refractivity contribution in [1.82, 2.24) is 10.2 Å². The van der Waals surface area contributed by atoms with E-state index in [-0.39, 0.29) is 11.9 Å². The van der Waals surface area contributed by atoms with E-state index in [2.05, 4.69) is 5.32 Å². The summed E-state index contributed by atoms with van der Waals surface area (Å²) in [5.41, 5.74) is -0.811. The lowest BCUT2D eigenvalue weighted by molar-refractivity contribution is -0.125. The predicted molar refractivity (Wildman–Crippen MR) is 70.5 cm³/mol. The molecule has 1 heterocycles. The maximum atomic E-state index is 11.7. The van der Waals surface area contributed by atoms with Crippen LogP contribution in [0.5, 0.6) is 0 Å². The van der Waals surface area contributed by atoms with Crippen molar-refractivity contribution in [2.45, 2.75) is 31.9 Å². The molecule has 0 aliphatic carbocycles. The number of rotatable bonds is 7. The number of imide groups is 1. The molecule has 0 aromatic heterocycles. The Bertz CT molecular complexity index is 349. The van der Waals surface area contributed by atoms with E-state index in [1.165, 1.54) is 4.90 Å². The first-order valence-electron chi connectivity index (χ1n) is 6.11. The van der Waals surface area contributed by atoms with Gasteiger partial charge < -0.3 is 18.2 Å². The largest absolute Gasteiger partial charge is 0.500 e. The second kappa shape index (κ2) is 5.99. The minimum absolute atomic E-state index is 0.272. The molecule has 0 bridgehead atoms. The Morgan fingerprint density at radius 2 is 1.68 bits per heavy atom. The standard InChI is InChI=1S/C11H22N2O5Si/c1-11(2)9(14)12-10(15)13(11)7-6-8-19(16-3,17-4)18-5/h6-8H2,1-5H3,(H,12,14,15). The Hall–Kier alpha value is -0.963. The molecule has 0 unspecified atom stereocenters. The zero-order valence-corrected chi connectivity index (χ0v) is 13.1. The van der Waals surface area contributed by atoms with E-state index < -0.39 is 14.3 Å². The highest BCUT2D eigenvalue weighted by atomic mass is 28.4. The van der Waals surface area contributed by atoms with E-state index in [9.17, 15) is 9.59 Å². The van der Waals surface area contributed by atoms with Gasteiger partial charge in [-0.3, -0.25) is 10.1 Å². The van der Waals surface area contributed by atoms with Crippen LogP contribution in [0.3, 0.4) is 0 Å². The van der Waals surface area contributed by atoms with Crippen LogP contribution < -0.4 is 5.32 Å². The Balaban J connectivity index is 2.58. The van der Waals surface area contributed by atoms with Gasteiger partial charge in [0.1, 0.15) is 5.54 Å². The number of hydrogen-bond donors (Lipinski definition) is 1. The Morgan fingerprint density at radius 1 is 1.16 bits per heavy atom. The zero-order chi connectivity index (χ0) is 14.7. The molecule has 110 valence electrons. The number of nitrogens with zero attached hydrogens (tertiary/aromatic N) is 1. The highest BCUT2D eigenvalue weighted by molar-refractivity contribution is 6.60. The minimum Gasteiger partial charge on any atom is -0.377 e. The number of amides is 3. The maximum Gasteiger partial charge on any atom is 0.500 e. The molecule has 0 aromatic rings. The van der Waals surface area contributed by atoms with Crippen LogP contribution in [0.25, 0.3) is 0 Å². The van der Waals surface area contributed by atoms with Crippen LogP contribution in [-0.4, -0.2) is 59.1 Å². The van der Waals surface area contributed by atoms with E-state index >= 15 is 0 Å². The van der Waals surface area contributed by atoms with Gasteiger partial charge in [-0.15, -0.1) is 0 Å². The van der Waals surface area contributed by atoms with E-state index in [1.54, 1.807) is 35.2 Å². The van der Waals surface area contributed by atoms with E-state index in [1.807, 2.05) is 0 Å². The van der Waals surface area contributed by atoms with E-state index in [0.717, 1.165) is 0 Å². The molecule has 8 heteroatoms. The summed E-state index contributed by atoms with van der Waals surface area (Å²) in [5.74, 6) is -0.272. The lowest BCUT2D eigenvalue weighted by Crippen LogP contribution is -2.46. The Morgan fingerprint density at radius 3 is 2.05 bits per heavy atom. The van der Waals surface area contributed by atoms with Crippen molar-refractivity contribution in [1.29, 1.82) is 0 Å². The second-order valence-corrected chi connectivity index (χ2v) is 7.96. The first kappa shape index (κ1) is 16.1. The number of hydrogen-bond acceptors (Lipinski definition) is 5. The van der Waals surface area contributed by atoms with Gasteiger partial charge >= 0.3 is 14.8 Å². The molecule has 19 heavy (non-hydrogen) atoms. The number of carbonyl (C=O) groups is 2. The SMILES string of the molecule is CO[Si](CCCN1C(=O)NC(=O)C1(C)C)(OC)OC. The van der Waals surface area contributed by atoms with Crippen LogP contribution >= 0.6 is 0 Å². The highest BCUT2D eigenvalue weighted by Gasteiger charge is 2.46. The van der Waals surface area contributed by atoms with Crippen molar-refractivity contribution in [3.05, 3.63) is 0 Å². The molecule has 0 saturated carbocycles. The summed E-state index contributed by atoms with van der Waals surface area (Å²) >= 11 is 0. The van der Waals surface area contributed by atoms with Gasteiger partial charge in [-0.2, -0.15) is 0 Å². The fourth-order valence-electron chi connectivity index (χ4n) is 2.08. The summed E-state index contributed by atoms with van der Waals surface area (Å²) in [4.78, 5) is 24.8. The molecule has 1 N–H and O–H groups in total. The third kappa shape index (κ3) is 3.14. The molecule has 0 aromatic carbocycles. The van der Waals surface area contributed by atoms with Crippen molar-refractivity contribution in [3.63, 3.8) is 0 Å². The van der Waals surface area contributed by atoms with Crippen LogP contribution in [0.1, 0.15) is 20.3 Å². The van der Waals surface area contributed by atoms with Gasteiger partial charge in [0.25, 0.3) is 5.91 Å². The summed E-state index contributed by atoms with van der Waals surface area (Å²) in [5, 5.41) is 2.31. The monoisotopic (exact) mass is 290 g/mol. The number of nitrogens with one attached hydrogen (secondary N) is 1. The Labute approximate surface area is 114 Å². The van der Waals surface area contributed by atoms with Gasteiger partial charge in [-0.1, -0.05) is 0 Å². The first-order chi connectivity index (χ1) is 8.83. The molecule has 1 saturated heterocycles.